The summed E-state index contributed by atoms with van der Waals surface area (Å²) < 4.78 is 71.6. The highest BCUT2D eigenvalue weighted by Gasteiger charge is 2.75. The van der Waals surface area contributed by atoms with E-state index in [1.165, 1.54) is 0 Å². The lowest BCUT2D eigenvalue weighted by atomic mass is 9.41. The fourth-order valence-electron chi connectivity index (χ4n) is 9.96. The molecule has 4 rings (SSSR count). The quantitative estimate of drug-likeness (QED) is 0.165. The van der Waals surface area contributed by atoms with Crippen molar-refractivity contribution in [3.8, 4) is 0 Å². The standard InChI is InChI=1S/C27H48O13S2/c1-14(13-39-41(33,34)35)6-5-7-15(2)19-21(29)22(30)23-26(19,4)11-9-18-25(3)10-8-16(40-42(36,37)38)12-17(25)20(28)24(31)27(18,23)32/h14-24,28-32H,5-13H2,1-4H3,(H,33,34,35)(H,36,37,38)/t14?,15-,16+,17-,18-,19+,20-,21-,22+,23-,24-,25+,26-,27+/m1/s1. The van der Waals surface area contributed by atoms with Crippen LogP contribution >= 0.6 is 0 Å². The molecule has 4 fully saturated rings. The average molecular weight is 645 g/mol. The molecule has 7 N–H and O–H groups in total. The van der Waals surface area contributed by atoms with Gasteiger partial charge >= 0.3 is 20.8 Å². The molecule has 14 atom stereocenters. The summed E-state index contributed by atoms with van der Waals surface area (Å²) in [4.78, 5) is 0. The smallest absolute Gasteiger partial charge is 0.390 e. The van der Waals surface area contributed by atoms with E-state index in [0.29, 0.717) is 38.5 Å². The molecule has 0 amide bonds. The number of aliphatic hydroxyl groups excluding tert-OH is 4. The highest BCUT2D eigenvalue weighted by molar-refractivity contribution is 7.81. The van der Waals surface area contributed by atoms with Gasteiger partial charge in [0.15, 0.2) is 0 Å². The molecule has 0 aromatic rings. The molecule has 4 saturated carbocycles. The van der Waals surface area contributed by atoms with Gasteiger partial charge in [-0.1, -0.05) is 40.5 Å². The summed E-state index contributed by atoms with van der Waals surface area (Å²) in [6, 6.07) is 0. The maximum Gasteiger partial charge on any atom is 0.397 e. The van der Waals surface area contributed by atoms with Crippen molar-refractivity contribution in [1.82, 2.24) is 0 Å². The van der Waals surface area contributed by atoms with Gasteiger partial charge in [0.2, 0.25) is 0 Å². The van der Waals surface area contributed by atoms with Gasteiger partial charge in [0.1, 0.15) is 11.7 Å². The summed E-state index contributed by atoms with van der Waals surface area (Å²) in [5.41, 5.74) is -3.44. The van der Waals surface area contributed by atoms with E-state index in [9.17, 15) is 46.9 Å². The second-order valence-corrected chi connectivity index (χ2v) is 16.3. The summed E-state index contributed by atoms with van der Waals surface area (Å²) in [5.74, 6) is -2.82. The van der Waals surface area contributed by atoms with Gasteiger partial charge in [0.05, 0.1) is 31.0 Å². The Bertz CT molecular complexity index is 1200. The lowest BCUT2D eigenvalue weighted by Gasteiger charge is -2.67. The lowest BCUT2D eigenvalue weighted by Crippen LogP contribution is -2.75. The molecular weight excluding hydrogens is 596 g/mol. The fourth-order valence-corrected chi connectivity index (χ4v) is 10.9. The molecule has 0 spiro atoms. The zero-order valence-electron chi connectivity index (χ0n) is 24.6. The van der Waals surface area contributed by atoms with Crippen molar-refractivity contribution in [3.63, 3.8) is 0 Å². The first-order chi connectivity index (χ1) is 19.2. The fraction of sp³-hybridized carbons (Fsp3) is 1.00. The molecule has 4 aliphatic rings. The van der Waals surface area contributed by atoms with Gasteiger partial charge in [-0.15, -0.1) is 0 Å². The second kappa shape index (κ2) is 11.7. The third kappa shape index (κ3) is 6.05. The van der Waals surface area contributed by atoms with Gasteiger partial charge in [-0.25, -0.2) is 8.37 Å². The van der Waals surface area contributed by atoms with Crippen molar-refractivity contribution in [1.29, 1.82) is 0 Å². The van der Waals surface area contributed by atoms with Crippen molar-refractivity contribution in [2.45, 2.75) is 115 Å². The summed E-state index contributed by atoms with van der Waals surface area (Å²) >= 11 is 0. The Balaban J connectivity index is 1.54. The number of aliphatic hydroxyl groups is 5. The molecule has 4 aliphatic carbocycles. The number of rotatable bonds is 10. The van der Waals surface area contributed by atoms with Crippen LogP contribution < -0.4 is 0 Å². The van der Waals surface area contributed by atoms with E-state index in [1.54, 1.807) is 6.92 Å². The van der Waals surface area contributed by atoms with Crippen LogP contribution in [0.3, 0.4) is 0 Å². The minimum atomic E-state index is -4.71. The van der Waals surface area contributed by atoms with Crippen LogP contribution in [0.4, 0.5) is 0 Å². The Morgan fingerprint density at radius 2 is 1.48 bits per heavy atom. The van der Waals surface area contributed by atoms with E-state index >= 15 is 0 Å². The highest BCUT2D eigenvalue weighted by Crippen LogP contribution is 2.70. The van der Waals surface area contributed by atoms with Crippen LogP contribution in [0, 0.1) is 46.3 Å². The number of hydrogen-bond donors (Lipinski definition) is 7. The Morgan fingerprint density at radius 3 is 2.07 bits per heavy atom. The van der Waals surface area contributed by atoms with Crippen molar-refractivity contribution in [2.75, 3.05) is 6.61 Å². The molecule has 246 valence electrons. The molecule has 42 heavy (non-hydrogen) atoms. The van der Waals surface area contributed by atoms with Crippen LogP contribution in [-0.2, 0) is 29.2 Å². The second-order valence-electron chi connectivity index (χ2n) is 14.2. The molecule has 1 unspecified atom stereocenters. The van der Waals surface area contributed by atoms with E-state index in [1.807, 2.05) is 20.8 Å². The van der Waals surface area contributed by atoms with Crippen LogP contribution in [0.5, 0.6) is 0 Å². The lowest BCUT2D eigenvalue weighted by molar-refractivity contribution is -0.309. The first kappa shape index (κ1) is 34.4. The van der Waals surface area contributed by atoms with Gasteiger partial charge in [0.25, 0.3) is 0 Å². The Kier molecular flexibility index (Phi) is 9.60. The molecule has 0 aliphatic heterocycles. The van der Waals surface area contributed by atoms with E-state index in [-0.39, 0.29) is 31.3 Å². The molecule has 0 aromatic carbocycles. The van der Waals surface area contributed by atoms with Crippen LogP contribution in [0.25, 0.3) is 0 Å². The van der Waals surface area contributed by atoms with Crippen molar-refractivity contribution in [2.24, 2.45) is 46.3 Å². The molecular formula is C27H48O13S2. The van der Waals surface area contributed by atoms with Crippen LogP contribution in [-0.4, -0.2) is 94.2 Å². The monoisotopic (exact) mass is 644 g/mol. The van der Waals surface area contributed by atoms with Crippen molar-refractivity contribution < 1.29 is 59.8 Å². The predicted octanol–water partition coefficient (Wildman–Crippen LogP) is 1.09. The normalized spacial score (nSPS) is 47.3. The summed E-state index contributed by atoms with van der Waals surface area (Å²) in [6.07, 6.45) is -3.00. The Morgan fingerprint density at radius 1 is 0.857 bits per heavy atom. The molecule has 0 radical (unpaired) electrons. The van der Waals surface area contributed by atoms with Crippen molar-refractivity contribution in [3.05, 3.63) is 0 Å². The predicted molar refractivity (Wildman–Crippen MR) is 148 cm³/mol. The van der Waals surface area contributed by atoms with E-state index in [4.69, 9.17) is 8.74 Å². The Hall–Kier alpha value is -0.460. The molecule has 0 heterocycles. The first-order valence-corrected chi connectivity index (χ1v) is 17.6. The maximum atomic E-state index is 12.5. The average Bonchev–Trinajstić information content (AvgIpc) is 3.06. The number of hydrogen-bond acceptors (Lipinski definition) is 11. The summed E-state index contributed by atoms with van der Waals surface area (Å²) in [6.45, 7) is 7.42. The van der Waals surface area contributed by atoms with E-state index in [0.717, 1.165) is 0 Å². The SMILES string of the molecule is CC(CCC[C@@H](C)[C@H]1[C@@H](O)[C@H](O)[C@@H]2[C@]1(C)CC[C@@H]1[C@@]3(C)CC[C@H](OS(=O)(=O)O)C[C@@H]3[C@@H](O)[C@@H](O)[C@]12O)COS(=O)(=O)O. The highest BCUT2D eigenvalue weighted by atomic mass is 32.3. The van der Waals surface area contributed by atoms with Crippen molar-refractivity contribution >= 4 is 20.8 Å². The third-order valence-electron chi connectivity index (χ3n) is 11.7. The van der Waals surface area contributed by atoms with Crippen LogP contribution in [0.2, 0.25) is 0 Å². The van der Waals surface area contributed by atoms with Gasteiger partial charge in [-0.3, -0.25) is 9.11 Å². The van der Waals surface area contributed by atoms with Gasteiger partial charge in [0, 0.05) is 5.92 Å². The zero-order chi connectivity index (χ0) is 31.6. The van der Waals surface area contributed by atoms with Crippen LogP contribution in [0.15, 0.2) is 0 Å². The van der Waals surface area contributed by atoms with Crippen LogP contribution in [0.1, 0.15) is 79.1 Å². The molecule has 0 aromatic heterocycles. The minimum absolute atomic E-state index is 0.0571. The Labute approximate surface area is 248 Å². The third-order valence-corrected chi connectivity index (χ3v) is 12.6. The number of fused-ring (bicyclic) bond motifs is 5. The van der Waals surface area contributed by atoms with Gasteiger partial charge in [-0.2, -0.15) is 16.8 Å². The van der Waals surface area contributed by atoms with Gasteiger partial charge < -0.3 is 25.5 Å². The summed E-state index contributed by atoms with van der Waals surface area (Å²) in [7, 11) is -9.23. The topological polar surface area (TPSA) is 228 Å². The van der Waals surface area contributed by atoms with E-state index in [2.05, 4.69) is 4.18 Å². The first-order valence-electron chi connectivity index (χ1n) is 14.9. The molecule has 13 nitrogen and oxygen atoms in total. The molecule has 15 heteroatoms. The zero-order valence-corrected chi connectivity index (χ0v) is 26.2. The molecule has 0 saturated heterocycles. The van der Waals surface area contributed by atoms with Gasteiger partial charge in [-0.05, 0) is 78.9 Å². The maximum absolute atomic E-state index is 12.5. The summed E-state index contributed by atoms with van der Waals surface area (Å²) in [5, 5.41) is 58.2. The van der Waals surface area contributed by atoms with E-state index < -0.39 is 91.4 Å². The molecule has 0 bridgehead atoms. The largest absolute Gasteiger partial charge is 0.397 e. The minimum Gasteiger partial charge on any atom is -0.390 e.